The van der Waals surface area contributed by atoms with Gasteiger partial charge in [-0.3, -0.25) is 0 Å². The van der Waals surface area contributed by atoms with Gasteiger partial charge in [0.1, 0.15) is 23.8 Å². The number of carbonyl (C=O) groups is 1. The first-order chi connectivity index (χ1) is 11.5. The van der Waals surface area contributed by atoms with E-state index in [0.29, 0.717) is 25.5 Å². The topological polar surface area (TPSA) is 81.6 Å². The molecule has 0 bridgehead atoms. The fourth-order valence-electron chi connectivity index (χ4n) is 2.50. The number of benzene rings is 1. The number of rotatable bonds is 5. The van der Waals surface area contributed by atoms with E-state index < -0.39 is 6.09 Å². The molecule has 0 aliphatic carbocycles. The zero-order chi connectivity index (χ0) is 17.1. The van der Waals surface area contributed by atoms with Gasteiger partial charge in [-0.05, 0) is 17.7 Å². The van der Waals surface area contributed by atoms with Gasteiger partial charge in [0.05, 0.1) is 6.04 Å². The van der Waals surface area contributed by atoms with Gasteiger partial charge in [-0.2, -0.15) is 0 Å². The summed E-state index contributed by atoms with van der Waals surface area (Å²) in [7, 11) is 1.57. The van der Waals surface area contributed by atoms with E-state index in [-0.39, 0.29) is 11.9 Å². The van der Waals surface area contributed by atoms with Gasteiger partial charge in [0, 0.05) is 32.7 Å². The Labute approximate surface area is 138 Å². The van der Waals surface area contributed by atoms with Crippen molar-refractivity contribution in [2.75, 3.05) is 30.4 Å². The predicted octanol–water partition coefficient (Wildman–Crippen LogP) is 2.03. The molecule has 3 rings (SSSR count). The molecule has 8 heteroatoms. The summed E-state index contributed by atoms with van der Waals surface area (Å²) in [5.74, 6) is 1.10. The Morgan fingerprint density at radius 1 is 1.42 bits per heavy atom. The maximum Gasteiger partial charge on any atom is 0.407 e. The molecule has 2 heterocycles. The first kappa shape index (κ1) is 16.0. The van der Waals surface area contributed by atoms with E-state index in [0.717, 1.165) is 11.4 Å². The van der Waals surface area contributed by atoms with Crippen molar-refractivity contribution in [1.29, 1.82) is 0 Å². The Morgan fingerprint density at radius 2 is 2.21 bits per heavy atom. The third kappa shape index (κ3) is 3.53. The standard InChI is InChI=1S/C16H18FN5O2/c1-21(16(23)24)13-8-22(9-13)15-6-14(19-10-20-15)18-7-11-3-2-4-12(17)5-11/h2-6,10,13H,7-9H2,1H3,(H,23,24)(H,18,19,20). The minimum Gasteiger partial charge on any atom is -0.465 e. The van der Waals surface area contributed by atoms with Gasteiger partial charge < -0.3 is 20.2 Å². The fraction of sp³-hybridized carbons (Fsp3) is 0.312. The van der Waals surface area contributed by atoms with E-state index in [4.69, 9.17) is 5.11 Å². The molecule has 2 N–H and O–H groups in total. The van der Waals surface area contributed by atoms with Gasteiger partial charge in [-0.25, -0.2) is 19.2 Å². The van der Waals surface area contributed by atoms with Gasteiger partial charge >= 0.3 is 6.09 Å². The van der Waals surface area contributed by atoms with E-state index in [9.17, 15) is 9.18 Å². The van der Waals surface area contributed by atoms with Crippen LogP contribution in [-0.4, -0.2) is 52.2 Å². The summed E-state index contributed by atoms with van der Waals surface area (Å²) < 4.78 is 13.2. The molecule has 0 spiro atoms. The third-order valence-corrected chi connectivity index (χ3v) is 4.05. The number of nitrogens with one attached hydrogen (secondary N) is 1. The first-order valence-electron chi connectivity index (χ1n) is 7.54. The van der Waals surface area contributed by atoms with Crippen molar-refractivity contribution in [2.24, 2.45) is 0 Å². The molecule has 1 aliphatic heterocycles. The maximum atomic E-state index is 13.2. The number of anilines is 2. The van der Waals surface area contributed by atoms with Crippen molar-refractivity contribution in [1.82, 2.24) is 14.9 Å². The summed E-state index contributed by atoms with van der Waals surface area (Å²) >= 11 is 0. The molecule has 1 amide bonds. The average Bonchev–Trinajstić information content (AvgIpc) is 2.52. The number of halogens is 1. The van der Waals surface area contributed by atoms with E-state index in [1.54, 1.807) is 19.2 Å². The number of hydrogen-bond donors (Lipinski definition) is 2. The van der Waals surface area contributed by atoms with E-state index in [1.807, 2.05) is 11.0 Å². The third-order valence-electron chi connectivity index (χ3n) is 4.05. The lowest BCUT2D eigenvalue weighted by Crippen LogP contribution is -2.59. The van der Waals surface area contributed by atoms with Crippen LogP contribution in [0.3, 0.4) is 0 Å². The van der Waals surface area contributed by atoms with E-state index >= 15 is 0 Å². The molecule has 126 valence electrons. The van der Waals surface area contributed by atoms with Crippen LogP contribution in [0.4, 0.5) is 20.8 Å². The zero-order valence-corrected chi connectivity index (χ0v) is 13.2. The molecule has 1 aromatic heterocycles. The zero-order valence-electron chi connectivity index (χ0n) is 13.2. The molecular formula is C16H18FN5O2. The quantitative estimate of drug-likeness (QED) is 0.872. The monoisotopic (exact) mass is 331 g/mol. The van der Waals surface area contributed by atoms with Gasteiger partial charge in [-0.15, -0.1) is 0 Å². The van der Waals surface area contributed by atoms with Crippen LogP contribution < -0.4 is 10.2 Å². The highest BCUT2D eigenvalue weighted by Gasteiger charge is 2.33. The number of aromatic nitrogens is 2. The van der Waals surface area contributed by atoms with E-state index in [2.05, 4.69) is 15.3 Å². The Morgan fingerprint density at radius 3 is 2.92 bits per heavy atom. The lowest BCUT2D eigenvalue weighted by molar-refractivity contribution is 0.129. The van der Waals surface area contributed by atoms with Crippen LogP contribution in [0, 0.1) is 5.82 Å². The Balaban J connectivity index is 1.58. The van der Waals surface area contributed by atoms with Gasteiger partial charge in [0.25, 0.3) is 0 Å². The molecular weight excluding hydrogens is 313 g/mol. The number of nitrogens with zero attached hydrogens (tertiary/aromatic N) is 4. The van der Waals surface area contributed by atoms with Crippen molar-refractivity contribution in [2.45, 2.75) is 12.6 Å². The summed E-state index contributed by atoms with van der Waals surface area (Å²) in [4.78, 5) is 22.6. The Kier molecular flexibility index (Phi) is 4.45. The average molecular weight is 331 g/mol. The molecule has 1 fully saturated rings. The van der Waals surface area contributed by atoms with Gasteiger partial charge in [0.15, 0.2) is 0 Å². The van der Waals surface area contributed by atoms with Crippen molar-refractivity contribution in [3.8, 4) is 0 Å². The SMILES string of the molecule is CN(C(=O)O)C1CN(c2cc(NCc3cccc(F)c3)ncn2)C1. The minimum absolute atomic E-state index is 0.0267. The lowest BCUT2D eigenvalue weighted by atomic mass is 10.1. The van der Waals surface area contributed by atoms with Crippen LogP contribution in [0.25, 0.3) is 0 Å². The highest BCUT2D eigenvalue weighted by molar-refractivity contribution is 5.66. The second-order valence-corrected chi connectivity index (χ2v) is 5.70. The van der Waals surface area contributed by atoms with Crippen molar-refractivity contribution >= 4 is 17.7 Å². The maximum absolute atomic E-state index is 13.2. The molecule has 1 saturated heterocycles. The predicted molar refractivity (Wildman–Crippen MR) is 87.5 cm³/mol. The van der Waals surface area contributed by atoms with Gasteiger partial charge in [-0.1, -0.05) is 12.1 Å². The summed E-state index contributed by atoms with van der Waals surface area (Å²) in [6.07, 6.45) is 0.525. The number of carboxylic acid groups (broad SMARTS) is 1. The van der Waals surface area contributed by atoms with Gasteiger partial charge in [0.2, 0.25) is 0 Å². The summed E-state index contributed by atoms with van der Waals surface area (Å²) in [6.45, 7) is 1.66. The van der Waals surface area contributed by atoms with Crippen LogP contribution in [0.15, 0.2) is 36.7 Å². The Hall–Kier alpha value is -2.90. The van der Waals surface area contributed by atoms with Crippen LogP contribution in [0.5, 0.6) is 0 Å². The van der Waals surface area contributed by atoms with Crippen LogP contribution in [0.2, 0.25) is 0 Å². The van der Waals surface area contributed by atoms with Crippen molar-refractivity contribution in [3.05, 3.63) is 48.0 Å². The summed E-state index contributed by atoms with van der Waals surface area (Å²) in [5.41, 5.74) is 0.822. The van der Waals surface area contributed by atoms with Crippen molar-refractivity contribution in [3.63, 3.8) is 0 Å². The normalized spacial score (nSPS) is 14.2. The molecule has 0 atom stereocenters. The second-order valence-electron chi connectivity index (χ2n) is 5.70. The van der Waals surface area contributed by atoms with Crippen LogP contribution >= 0.6 is 0 Å². The second kappa shape index (κ2) is 6.69. The van der Waals surface area contributed by atoms with Crippen molar-refractivity contribution < 1.29 is 14.3 Å². The highest BCUT2D eigenvalue weighted by atomic mass is 19.1. The summed E-state index contributed by atoms with van der Waals surface area (Å²) in [6, 6.07) is 8.14. The molecule has 0 saturated carbocycles. The fourth-order valence-corrected chi connectivity index (χ4v) is 2.50. The smallest absolute Gasteiger partial charge is 0.407 e. The molecule has 24 heavy (non-hydrogen) atoms. The number of hydrogen-bond acceptors (Lipinski definition) is 5. The van der Waals surface area contributed by atoms with Crippen LogP contribution in [0.1, 0.15) is 5.56 Å². The highest BCUT2D eigenvalue weighted by Crippen LogP contribution is 2.22. The first-order valence-corrected chi connectivity index (χ1v) is 7.54. The molecule has 0 radical (unpaired) electrons. The molecule has 1 aliphatic rings. The largest absolute Gasteiger partial charge is 0.465 e. The molecule has 0 unspecified atom stereocenters. The molecule has 1 aromatic carbocycles. The minimum atomic E-state index is -0.931. The number of amides is 1. The Bertz CT molecular complexity index is 736. The lowest BCUT2D eigenvalue weighted by Gasteiger charge is -2.43. The van der Waals surface area contributed by atoms with Crippen LogP contribution in [-0.2, 0) is 6.54 Å². The number of likely N-dealkylation sites (N-methyl/N-ethyl adjacent to an activating group) is 1. The molecule has 2 aromatic rings. The van der Waals surface area contributed by atoms with E-state index in [1.165, 1.54) is 23.4 Å². The summed E-state index contributed by atoms with van der Waals surface area (Å²) in [5, 5.41) is 12.1. The molecule has 7 nitrogen and oxygen atoms in total.